The van der Waals surface area contributed by atoms with Crippen molar-refractivity contribution >= 4 is 55.0 Å². The van der Waals surface area contributed by atoms with E-state index in [4.69, 9.17) is 11.8 Å². The Hall–Kier alpha value is -3.05. The highest BCUT2D eigenvalue weighted by molar-refractivity contribution is 7.95. The third kappa shape index (κ3) is 6.15. The number of hydrogen-bond donors (Lipinski definition) is 2. The van der Waals surface area contributed by atoms with Crippen LogP contribution in [-0.2, 0) is 20.0 Å². The van der Waals surface area contributed by atoms with Crippen molar-refractivity contribution in [3.63, 3.8) is 0 Å². The SMILES string of the molecule is O=S(=O)(/C=C/c1ccccc1)Nc1ccc(N2CCNCC2)cc1N(Cl)S(=O)(=O)c1ccccc1. The lowest BCUT2D eigenvalue weighted by Gasteiger charge is -2.30. The minimum Gasteiger partial charge on any atom is -0.369 e. The molecule has 1 fully saturated rings. The van der Waals surface area contributed by atoms with Gasteiger partial charge in [-0.25, -0.2) is 8.42 Å². The Kier molecular flexibility index (Phi) is 7.66. The number of hydrogen-bond acceptors (Lipinski definition) is 6. The molecule has 0 unspecified atom stereocenters. The van der Waals surface area contributed by atoms with Crippen LogP contribution in [0, 0.1) is 0 Å². The first-order chi connectivity index (χ1) is 16.8. The van der Waals surface area contributed by atoms with E-state index >= 15 is 0 Å². The summed E-state index contributed by atoms with van der Waals surface area (Å²) in [4.78, 5) is 2.06. The summed E-state index contributed by atoms with van der Waals surface area (Å²) in [5, 5.41) is 4.29. The van der Waals surface area contributed by atoms with Gasteiger partial charge in [-0.2, -0.15) is 12.2 Å². The fourth-order valence-corrected chi connectivity index (χ4v) is 5.96. The van der Waals surface area contributed by atoms with Gasteiger partial charge in [-0.05, 0) is 42.0 Å². The van der Waals surface area contributed by atoms with Gasteiger partial charge in [-0.3, -0.25) is 4.72 Å². The molecule has 184 valence electrons. The van der Waals surface area contributed by atoms with Gasteiger partial charge in [-0.1, -0.05) is 48.5 Å². The Balaban J connectivity index is 1.71. The molecule has 0 aliphatic carbocycles. The quantitative estimate of drug-likeness (QED) is 0.427. The van der Waals surface area contributed by atoms with Gasteiger partial charge in [0.15, 0.2) is 0 Å². The number of anilines is 3. The lowest BCUT2D eigenvalue weighted by molar-refractivity contribution is 0.589. The lowest BCUT2D eigenvalue weighted by Crippen LogP contribution is -2.43. The minimum absolute atomic E-state index is 0.00300. The number of nitrogens with one attached hydrogen (secondary N) is 2. The summed E-state index contributed by atoms with van der Waals surface area (Å²) >= 11 is 6.41. The number of benzene rings is 3. The second-order valence-corrected chi connectivity index (χ2v) is 11.7. The number of sulfonamides is 2. The highest BCUT2D eigenvalue weighted by atomic mass is 35.5. The van der Waals surface area contributed by atoms with Crippen molar-refractivity contribution in [1.82, 2.24) is 5.32 Å². The van der Waals surface area contributed by atoms with Crippen molar-refractivity contribution in [3.8, 4) is 0 Å². The molecule has 0 aromatic heterocycles. The van der Waals surface area contributed by atoms with E-state index in [1.165, 1.54) is 24.3 Å². The second-order valence-electron chi connectivity index (χ2n) is 7.83. The van der Waals surface area contributed by atoms with Crippen molar-refractivity contribution in [1.29, 1.82) is 0 Å². The molecule has 3 aromatic carbocycles. The Labute approximate surface area is 211 Å². The molecule has 1 aliphatic heterocycles. The summed E-state index contributed by atoms with van der Waals surface area (Å²) in [5.74, 6) is 0. The molecule has 0 spiro atoms. The topological polar surface area (TPSA) is 98.8 Å². The molecule has 0 atom stereocenters. The van der Waals surface area contributed by atoms with Crippen LogP contribution in [-0.4, -0.2) is 43.0 Å². The van der Waals surface area contributed by atoms with Crippen molar-refractivity contribution in [2.24, 2.45) is 0 Å². The fourth-order valence-electron chi connectivity index (χ4n) is 3.61. The molecule has 1 aliphatic rings. The monoisotopic (exact) mass is 532 g/mol. The first kappa shape index (κ1) is 25.1. The molecule has 0 amide bonds. The zero-order valence-electron chi connectivity index (χ0n) is 18.7. The van der Waals surface area contributed by atoms with Gasteiger partial charge in [0.25, 0.3) is 20.0 Å². The number of halogens is 1. The van der Waals surface area contributed by atoms with E-state index in [-0.39, 0.29) is 16.3 Å². The molecule has 0 bridgehead atoms. The van der Waals surface area contributed by atoms with Crippen LogP contribution >= 0.6 is 11.8 Å². The van der Waals surface area contributed by atoms with Crippen LogP contribution in [0.4, 0.5) is 17.1 Å². The second kappa shape index (κ2) is 10.7. The van der Waals surface area contributed by atoms with E-state index < -0.39 is 20.0 Å². The molecule has 11 heteroatoms. The number of nitrogens with zero attached hydrogens (tertiary/aromatic N) is 2. The first-order valence-electron chi connectivity index (χ1n) is 10.9. The van der Waals surface area contributed by atoms with E-state index in [2.05, 4.69) is 14.9 Å². The predicted octanol–water partition coefficient (Wildman–Crippen LogP) is 3.86. The van der Waals surface area contributed by atoms with Gasteiger partial charge in [0.2, 0.25) is 0 Å². The van der Waals surface area contributed by atoms with Gasteiger partial charge in [-0.15, -0.1) is 0 Å². The summed E-state index contributed by atoms with van der Waals surface area (Å²) < 4.78 is 55.2. The Morgan fingerprint density at radius 2 is 1.51 bits per heavy atom. The maximum atomic E-state index is 13.2. The molecule has 4 rings (SSSR count). The van der Waals surface area contributed by atoms with Crippen molar-refractivity contribution < 1.29 is 16.8 Å². The van der Waals surface area contributed by atoms with Crippen LogP contribution < -0.4 is 18.8 Å². The van der Waals surface area contributed by atoms with E-state index in [1.54, 1.807) is 54.6 Å². The van der Waals surface area contributed by atoms with Gasteiger partial charge >= 0.3 is 0 Å². The van der Waals surface area contributed by atoms with Crippen LogP contribution in [0.15, 0.2) is 89.2 Å². The molecule has 8 nitrogen and oxygen atoms in total. The summed E-state index contributed by atoms with van der Waals surface area (Å²) in [6.45, 7) is 3.00. The van der Waals surface area contributed by atoms with Gasteiger partial charge in [0.1, 0.15) is 0 Å². The predicted molar refractivity (Wildman–Crippen MR) is 142 cm³/mol. The van der Waals surface area contributed by atoms with Crippen LogP contribution in [0.3, 0.4) is 0 Å². The summed E-state index contributed by atoms with van der Waals surface area (Å²) in [5.41, 5.74) is 1.48. The average molecular weight is 533 g/mol. The Morgan fingerprint density at radius 1 is 0.886 bits per heavy atom. The normalized spacial score (nSPS) is 14.7. The fraction of sp³-hybridized carbons (Fsp3) is 0.167. The van der Waals surface area contributed by atoms with Crippen LogP contribution in [0.5, 0.6) is 0 Å². The molecule has 2 N–H and O–H groups in total. The molecule has 0 radical (unpaired) electrons. The van der Waals surface area contributed by atoms with Crippen molar-refractivity contribution in [2.45, 2.75) is 4.90 Å². The first-order valence-corrected chi connectivity index (χ1v) is 14.2. The molecule has 1 heterocycles. The van der Waals surface area contributed by atoms with E-state index in [0.29, 0.717) is 9.39 Å². The summed E-state index contributed by atoms with van der Waals surface area (Å²) in [6.07, 6.45) is 1.45. The maximum Gasteiger partial charge on any atom is 0.278 e. The summed E-state index contributed by atoms with van der Waals surface area (Å²) in [7, 11) is -8.13. The standard InChI is InChI=1S/C24H25ClN4O4S2/c25-29(35(32,33)22-9-5-2-6-10-22)24-19-21(28-16-14-26-15-17-28)11-12-23(24)27-34(30,31)18-13-20-7-3-1-4-8-20/h1-13,18-19,26-27H,14-17H2/b18-13+. The molecular formula is C24H25ClN4O4S2. The van der Waals surface area contributed by atoms with Gasteiger partial charge in [0, 0.05) is 43.6 Å². The van der Waals surface area contributed by atoms with E-state index in [1.807, 2.05) is 6.07 Å². The number of piperazine rings is 1. The van der Waals surface area contributed by atoms with Crippen LogP contribution in [0.1, 0.15) is 5.56 Å². The lowest BCUT2D eigenvalue weighted by atomic mass is 10.2. The third-order valence-electron chi connectivity index (χ3n) is 5.40. The minimum atomic E-state index is -4.16. The molecular weight excluding hydrogens is 508 g/mol. The molecule has 3 aromatic rings. The molecule has 1 saturated heterocycles. The zero-order valence-corrected chi connectivity index (χ0v) is 21.1. The highest BCUT2D eigenvalue weighted by Crippen LogP contribution is 2.36. The van der Waals surface area contributed by atoms with Gasteiger partial charge < -0.3 is 10.2 Å². The van der Waals surface area contributed by atoms with Crippen LogP contribution in [0.2, 0.25) is 0 Å². The van der Waals surface area contributed by atoms with Crippen molar-refractivity contribution in [3.05, 3.63) is 89.8 Å². The summed E-state index contributed by atoms with van der Waals surface area (Å²) in [6, 6.07) is 21.5. The van der Waals surface area contributed by atoms with Crippen LogP contribution in [0.25, 0.3) is 6.08 Å². The van der Waals surface area contributed by atoms with E-state index in [9.17, 15) is 16.8 Å². The average Bonchev–Trinajstić information content (AvgIpc) is 2.89. The Morgan fingerprint density at radius 3 is 2.17 bits per heavy atom. The molecule has 0 saturated carbocycles. The zero-order chi connectivity index (χ0) is 24.9. The molecule has 35 heavy (non-hydrogen) atoms. The Bertz CT molecular complexity index is 1390. The number of rotatable bonds is 8. The largest absolute Gasteiger partial charge is 0.369 e. The third-order valence-corrected chi connectivity index (χ3v) is 8.61. The van der Waals surface area contributed by atoms with E-state index in [0.717, 1.165) is 37.3 Å². The van der Waals surface area contributed by atoms with Crippen molar-refractivity contribution in [2.75, 3.05) is 39.6 Å². The van der Waals surface area contributed by atoms with Gasteiger partial charge in [0.05, 0.1) is 21.7 Å². The highest BCUT2D eigenvalue weighted by Gasteiger charge is 2.27. The maximum absolute atomic E-state index is 13.2. The smallest absolute Gasteiger partial charge is 0.278 e.